The Labute approximate surface area is 110 Å². The second-order valence-corrected chi connectivity index (χ2v) is 4.03. The molecule has 1 aromatic heterocycles. The monoisotopic (exact) mass is 288 g/mol. The predicted octanol–water partition coefficient (Wildman–Crippen LogP) is 2.79. The Morgan fingerprint density at radius 2 is 2.05 bits per heavy atom. The lowest BCUT2D eigenvalue weighted by Gasteiger charge is -2.06. The van der Waals surface area contributed by atoms with Gasteiger partial charge in [-0.15, -0.1) is 0 Å². The Kier molecular flexibility index (Phi) is 3.47. The SMILES string of the molecule is O=C(O)c1cc(F)ccc1Cn1cc(C(F)(F)F)cn1. The van der Waals surface area contributed by atoms with Crippen LogP contribution in [0.5, 0.6) is 0 Å². The summed E-state index contributed by atoms with van der Waals surface area (Å²) >= 11 is 0. The molecular formula is C12H8F4N2O2. The molecule has 0 radical (unpaired) electrons. The molecule has 1 aromatic carbocycles. The smallest absolute Gasteiger partial charge is 0.419 e. The number of nitrogens with zero attached hydrogens (tertiary/aromatic N) is 2. The van der Waals surface area contributed by atoms with Crippen LogP contribution >= 0.6 is 0 Å². The van der Waals surface area contributed by atoms with E-state index in [-0.39, 0.29) is 17.7 Å². The zero-order valence-corrected chi connectivity index (χ0v) is 9.86. The summed E-state index contributed by atoms with van der Waals surface area (Å²) in [6.45, 7) is -0.196. The molecule has 8 heteroatoms. The number of carboxylic acid groups (broad SMARTS) is 1. The molecule has 0 aliphatic heterocycles. The highest BCUT2D eigenvalue weighted by atomic mass is 19.4. The van der Waals surface area contributed by atoms with Gasteiger partial charge >= 0.3 is 12.1 Å². The molecule has 106 valence electrons. The number of aromatic carboxylic acids is 1. The van der Waals surface area contributed by atoms with Crippen LogP contribution in [0.3, 0.4) is 0 Å². The summed E-state index contributed by atoms with van der Waals surface area (Å²) in [5.74, 6) is -2.09. The van der Waals surface area contributed by atoms with Gasteiger partial charge in [-0.3, -0.25) is 4.68 Å². The molecule has 0 saturated heterocycles. The Hall–Kier alpha value is -2.38. The van der Waals surface area contributed by atoms with Crippen molar-refractivity contribution in [2.75, 3.05) is 0 Å². The third-order valence-corrected chi connectivity index (χ3v) is 2.60. The van der Waals surface area contributed by atoms with Gasteiger partial charge in [-0.1, -0.05) is 6.07 Å². The molecule has 2 aromatic rings. The van der Waals surface area contributed by atoms with Crippen LogP contribution in [-0.2, 0) is 12.7 Å². The number of halogens is 4. The first-order chi connectivity index (χ1) is 9.27. The van der Waals surface area contributed by atoms with E-state index in [2.05, 4.69) is 5.10 Å². The van der Waals surface area contributed by atoms with Gasteiger partial charge in [0.15, 0.2) is 0 Å². The number of hydrogen-bond acceptors (Lipinski definition) is 2. The number of benzene rings is 1. The largest absolute Gasteiger partial charge is 0.478 e. The molecule has 0 fully saturated rings. The van der Waals surface area contributed by atoms with E-state index in [1.54, 1.807) is 0 Å². The van der Waals surface area contributed by atoms with Crippen LogP contribution in [-0.4, -0.2) is 20.9 Å². The summed E-state index contributed by atoms with van der Waals surface area (Å²) in [6, 6.07) is 3.05. The van der Waals surface area contributed by atoms with Gasteiger partial charge in [-0.2, -0.15) is 18.3 Å². The minimum atomic E-state index is -4.52. The highest BCUT2D eigenvalue weighted by molar-refractivity contribution is 5.89. The zero-order valence-electron chi connectivity index (χ0n) is 9.86. The van der Waals surface area contributed by atoms with Gasteiger partial charge in [0.1, 0.15) is 5.82 Å². The van der Waals surface area contributed by atoms with Crippen LogP contribution in [0, 0.1) is 5.82 Å². The fourth-order valence-corrected chi connectivity index (χ4v) is 1.66. The molecule has 0 bridgehead atoms. The maximum atomic E-state index is 13.0. The van der Waals surface area contributed by atoms with Gasteiger partial charge in [-0.25, -0.2) is 9.18 Å². The molecule has 0 amide bonds. The van der Waals surface area contributed by atoms with Crippen molar-refractivity contribution in [2.45, 2.75) is 12.7 Å². The molecule has 1 N–H and O–H groups in total. The van der Waals surface area contributed by atoms with Crippen molar-refractivity contribution >= 4 is 5.97 Å². The molecule has 0 aliphatic rings. The first kappa shape index (κ1) is 14.0. The summed E-state index contributed by atoms with van der Waals surface area (Å²) in [4.78, 5) is 11.0. The van der Waals surface area contributed by atoms with Crippen LogP contribution in [0.4, 0.5) is 17.6 Å². The number of hydrogen-bond donors (Lipinski definition) is 1. The first-order valence-corrected chi connectivity index (χ1v) is 5.39. The summed E-state index contributed by atoms with van der Waals surface area (Å²) in [5.41, 5.74) is -1.08. The molecule has 20 heavy (non-hydrogen) atoms. The van der Waals surface area contributed by atoms with Gasteiger partial charge < -0.3 is 5.11 Å². The lowest BCUT2D eigenvalue weighted by molar-refractivity contribution is -0.137. The Morgan fingerprint density at radius 3 is 2.60 bits per heavy atom. The number of carboxylic acids is 1. The van der Waals surface area contributed by atoms with Crippen molar-refractivity contribution in [3.05, 3.63) is 53.1 Å². The molecule has 1 heterocycles. The Balaban J connectivity index is 2.31. The van der Waals surface area contributed by atoms with Crippen LogP contribution < -0.4 is 0 Å². The van der Waals surface area contributed by atoms with E-state index >= 15 is 0 Å². The minimum absolute atomic E-state index is 0.163. The van der Waals surface area contributed by atoms with E-state index in [0.29, 0.717) is 6.20 Å². The van der Waals surface area contributed by atoms with Crippen molar-refractivity contribution in [2.24, 2.45) is 0 Å². The summed E-state index contributed by atoms with van der Waals surface area (Å²) in [7, 11) is 0. The molecule has 0 aliphatic carbocycles. The normalized spacial score (nSPS) is 11.6. The van der Waals surface area contributed by atoms with Crippen LogP contribution in [0.2, 0.25) is 0 Å². The number of aromatic nitrogens is 2. The van der Waals surface area contributed by atoms with Gasteiger partial charge in [0, 0.05) is 6.20 Å². The summed E-state index contributed by atoms with van der Waals surface area (Å²) in [5, 5.41) is 12.4. The van der Waals surface area contributed by atoms with Crippen LogP contribution in [0.25, 0.3) is 0 Å². The second-order valence-electron chi connectivity index (χ2n) is 4.03. The maximum Gasteiger partial charge on any atom is 0.419 e. The van der Waals surface area contributed by atoms with Crippen molar-refractivity contribution in [1.82, 2.24) is 9.78 Å². The van der Waals surface area contributed by atoms with Crippen molar-refractivity contribution < 1.29 is 27.5 Å². The van der Waals surface area contributed by atoms with Gasteiger partial charge in [0.25, 0.3) is 0 Å². The topological polar surface area (TPSA) is 55.1 Å². The highest BCUT2D eigenvalue weighted by Crippen LogP contribution is 2.28. The quantitative estimate of drug-likeness (QED) is 0.884. The van der Waals surface area contributed by atoms with Gasteiger partial charge in [-0.05, 0) is 17.7 Å². The van der Waals surface area contributed by atoms with Crippen molar-refractivity contribution in [3.8, 4) is 0 Å². The molecule has 0 spiro atoms. The van der Waals surface area contributed by atoms with Gasteiger partial charge in [0.05, 0.1) is 23.9 Å². The third kappa shape index (κ3) is 2.95. The average molecular weight is 288 g/mol. The average Bonchev–Trinajstić information content (AvgIpc) is 2.79. The van der Waals surface area contributed by atoms with E-state index in [0.717, 1.165) is 23.0 Å². The predicted molar refractivity (Wildman–Crippen MR) is 59.7 cm³/mol. The molecule has 2 rings (SSSR count). The van der Waals surface area contributed by atoms with Gasteiger partial charge in [0.2, 0.25) is 0 Å². The Bertz CT molecular complexity index is 649. The standard InChI is InChI=1S/C12H8F4N2O2/c13-9-2-1-7(10(3-9)11(19)20)5-18-6-8(4-17-18)12(14,15)16/h1-4,6H,5H2,(H,19,20). The van der Waals surface area contributed by atoms with Crippen molar-refractivity contribution in [1.29, 1.82) is 0 Å². The molecule has 0 atom stereocenters. The third-order valence-electron chi connectivity index (χ3n) is 2.60. The highest BCUT2D eigenvalue weighted by Gasteiger charge is 2.32. The van der Waals surface area contributed by atoms with Crippen molar-refractivity contribution in [3.63, 3.8) is 0 Å². The number of alkyl halides is 3. The second kappa shape index (κ2) is 4.95. The van der Waals surface area contributed by atoms with Crippen LogP contribution in [0.1, 0.15) is 21.5 Å². The molecule has 0 unspecified atom stereocenters. The first-order valence-electron chi connectivity index (χ1n) is 5.39. The minimum Gasteiger partial charge on any atom is -0.478 e. The maximum absolute atomic E-state index is 13.0. The number of rotatable bonds is 3. The zero-order chi connectivity index (χ0) is 14.9. The molecule has 4 nitrogen and oxygen atoms in total. The molecule has 0 saturated carbocycles. The lowest BCUT2D eigenvalue weighted by atomic mass is 10.1. The lowest BCUT2D eigenvalue weighted by Crippen LogP contribution is -2.08. The van der Waals surface area contributed by atoms with E-state index in [1.165, 1.54) is 6.07 Å². The summed E-state index contributed by atoms with van der Waals surface area (Å²) in [6.07, 6.45) is -3.12. The van der Waals surface area contributed by atoms with E-state index in [9.17, 15) is 22.4 Å². The Morgan fingerprint density at radius 1 is 1.35 bits per heavy atom. The molecular weight excluding hydrogens is 280 g/mol. The summed E-state index contributed by atoms with van der Waals surface area (Å²) < 4.78 is 51.1. The fraction of sp³-hybridized carbons (Fsp3) is 0.167. The van der Waals surface area contributed by atoms with E-state index in [1.807, 2.05) is 0 Å². The number of carbonyl (C=O) groups is 1. The van der Waals surface area contributed by atoms with E-state index < -0.39 is 23.5 Å². The van der Waals surface area contributed by atoms with Crippen LogP contribution in [0.15, 0.2) is 30.6 Å². The fourth-order valence-electron chi connectivity index (χ4n) is 1.66. The van der Waals surface area contributed by atoms with E-state index in [4.69, 9.17) is 5.11 Å².